The van der Waals surface area contributed by atoms with Crippen LogP contribution >= 0.6 is 11.3 Å². The van der Waals surface area contributed by atoms with E-state index in [-0.39, 0.29) is 21.4 Å². The fraction of sp³-hybridized carbons (Fsp3) is 0.0714. The number of thiophene rings is 1. The van der Waals surface area contributed by atoms with Crippen molar-refractivity contribution in [2.75, 3.05) is 6.26 Å². The number of pyridine rings is 1. The van der Waals surface area contributed by atoms with Gasteiger partial charge in [0.15, 0.2) is 21.4 Å². The lowest BCUT2D eigenvalue weighted by Gasteiger charge is -2.07. The number of nitrogens with zero attached hydrogens (tertiary/aromatic N) is 2. The van der Waals surface area contributed by atoms with Gasteiger partial charge in [-0.2, -0.15) is 0 Å². The third-order valence-corrected chi connectivity index (χ3v) is 5.90. The molecule has 2 aromatic heterocycles. The molecule has 0 amide bonds. The van der Waals surface area contributed by atoms with Crippen molar-refractivity contribution in [2.24, 2.45) is 5.18 Å². The maximum atomic E-state index is 13.9. The first-order valence-corrected chi connectivity index (χ1v) is 8.98. The van der Waals surface area contributed by atoms with Crippen LogP contribution in [0, 0.1) is 10.7 Å². The van der Waals surface area contributed by atoms with Gasteiger partial charge in [-0.15, -0.1) is 16.2 Å². The van der Waals surface area contributed by atoms with E-state index in [9.17, 15) is 17.7 Å². The molecule has 0 aliphatic heterocycles. The number of hydrogen-bond donors (Lipinski definition) is 0. The summed E-state index contributed by atoms with van der Waals surface area (Å²) in [6, 6.07) is 6.51. The summed E-state index contributed by atoms with van der Waals surface area (Å²) < 4.78 is 43.3. The Morgan fingerprint density at radius 2 is 2.00 bits per heavy atom. The van der Waals surface area contributed by atoms with Crippen molar-refractivity contribution in [1.29, 1.82) is 0 Å². The van der Waals surface area contributed by atoms with Gasteiger partial charge in [-0.05, 0) is 23.4 Å². The van der Waals surface area contributed by atoms with E-state index in [0.29, 0.717) is 10.2 Å². The zero-order chi connectivity index (χ0) is 16.6. The maximum absolute atomic E-state index is 13.9. The molecule has 0 fully saturated rings. The Morgan fingerprint density at radius 3 is 2.65 bits per heavy atom. The van der Waals surface area contributed by atoms with Crippen LogP contribution in [0.5, 0.6) is 11.5 Å². The van der Waals surface area contributed by atoms with Crippen LogP contribution in [0.4, 0.5) is 10.1 Å². The number of rotatable bonds is 4. The molecule has 0 saturated heterocycles. The summed E-state index contributed by atoms with van der Waals surface area (Å²) in [5.41, 5.74) is 0.393. The van der Waals surface area contributed by atoms with Gasteiger partial charge in [0, 0.05) is 24.6 Å². The predicted molar refractivity (Wildman–Crippen MR) is 84.7 cm³/mol. The first-order valence-electron chi connectivity index (χ1n) is 6.28. The minimum absolute atomic E-state index is 0.0507. The van der Waals surface area contributed by atoms with Gasteiger partial charge >= 0.3 is 0 Å². The molecular weight excluding hydrogens is 343 g/mol. The Balaban J connectivity index is 2.07. The van der Waals surface area contributed by atoms with Crippen LogP contribution in [0.1, 0.15) is 0 Å². The summed E-state index contributed by atoms with van der Waals surface area (Å²) in [7, 11) is -3.37. The van der Waals surface area contributed by atoms with Gasteiger partial charge in [-0.25, -0.2) is 12.8 Å². The molecule has 3 aromatic rings. The molecule has 0 saturated carbocycles. The molecule has 0 aliphatic rings. The van der Waals surface area contributed by atoms with Gasteiger partial charge < -0.3 is 4.74 Å². The van der Waals surface area contributed by atoms with Crippen LogP contribution in [-0.2, 0) is 9.84 Å². The third kappa shape index (κ3) is 3.06. The van der Waals surface area contributed by atoms with E-state index < -0.39 is 15.7 Å². The number of benzene rings is 1. The van der Waals surface area contributed by atoms with E-state index in [2.05, 4.69) is 10.2 Å². The van der Waals surface area contributed by atoms with Crippen molar-refractivity contribution in [3.8, 4) is 11.5 Å². The molecule has 0 radical (unpaired) electrons. The molecule has 23 heavy (non-hydrogen) atoms. The van der Waals surface area contributed by atoms with Crippen LogP contribution in [-0.4, -0.2) is 19.7 Å². The number of fused-ring (bicyclic) bond motifs is 1. The van der Waals surface area contributed by atoms with Crippen molar-refractivity contribution < 1.29 is 17.5 Å². The summed E-state index contributed by atoms with van der Waals surface area (Å²) in [5.74, 6) is -0.563. The molecule has 9 heteroatoms. The minimum Gasteiger partial charge on any atom is -0.453 e. The van der Waals surface area contributed by atoms with Crippen LogP contribution in [0.25, 0.3) is 10.2 Å². The molecule has 0 N–H and O–H groups in total. The molecule has 118 valence electrons. The Labute approximate surface area is 134 Å². The van der Waals surface area contributed by atoms with Crippen LogP contribution in [0.2, 0.25) is 0 Å². The predicted octanol–water partition coefficient (Wildman–Crippen LogP) is 4.03. The Bertz CT molecular complexity index is 1010. The number of nitroso groups, excluding NO2 is 1. The summed E-state index contributed by atoms with van der Waals surface area (Å²) in [5, 5.41) is 2.64. The lowest BCUT2D eigenvalue weighted by molar-refractivity contribution is 0.447. The lowest BCUT2D eigenvalue weighted by atomic mass is 10.3. The molecule has 0 spiro atoms. The monoisotopic (exact) mass is 352 g/mol. The van der Waals surface area contributed by atoms with Gasteiger partial charge in [-0.1, -0.05) is 0 Å². The van der Waals surface area contributed by atoms with Crippen molar-refractivity contribution in [3.05, 3.63) is 47.3 Å². The normalized spacial score (nSPS) is 11.6. The van der Waals surface area contributed by atoms with E-state index in [1.165, 1.54) is 30.5 Å². The summed E-state index contributed by atoms with van der Waals surface area (Å²) >= 11 is 0.997. The second-order valence-corrected chi connectivity index (χ2v) is 7.96. The fourth-order valence-electron chi connectivity index (χ4n) is 1.90. The average molecular weight is 352 g/mol. The molecule has 0 atom stereocenters. The molecule has 0 unspecified atom stereocenters. The zero-order valence-electron chi connectivity index (χ0n) is 11.7. The van der Waals surface area contributed by atoms with E-state index in [1.54, 1.807) is 0 Å². The van der Waals surface area contributed by atoms with Crippen LogP contribution < -0.4 is 4.74 Å². The highest BCUT2D eigenvalue weighted by Gasteiger charge is 2.16. The molecule has 1 aromatic carbocycles. The van der Waals surface area contributed by atoms with Gasteiger partial charge in [0.05, 0.1) is 10.2 Å². The van der Waals surface area contributed by atoms with Gasteiger partial charge in [-0.3, -0.25) is 4.98 Å². The summed E-state index contributed by atoms with van der Waals surface area (Å²) in [4.78, 5) is 14.5. The minimum atomic E-state index is -3.37. The highest BCUT2D eigenvalue weighted by Crippen LogP contribution is 2.37. The molecule has 2 heterocycles. The van der Waals surface area contributed by atoms with E-state index in [1.807, 2.05) is 0 Å². The van der Waals surface area contributed by atoms with E-state index in [4.69, 9.17) is 4.74 Å². The number of sulfone groups is 1. The number of hydrogen-bond acceptors (Lipinski definition) is 7. The highest BCUT2D eigenvalue weighted by atomic mass is 32.2. The second-order valence-electron chi connectivity index (χ2n) is 4.67. The van der Waals surface area contributed by atoms with Gasteiger partial charge in [0.25, 0.3) is 0 Å². The topological polar surface area (TPSA) is 85.7 Å². The first-order chi connectivity index (χ1) is 10.9. The van der Waals surface area contributed by atoms with Crippen LogP contribution in [0.15, 0.2) is 45.9 Å². The standard InChI is InChI=1S/C14H9FN2O4S2/c1-23(19,20)13-7-10-14(22-13)12(4-5-16-10)21-11-3-2-8(17-18)6-9(11)15/h2-7H,1H3. The van der Waals surface area contributed by atoms with Gasteiger partial charge in [0.1, 0.15) is 15.6 Å². The Morgan fingerprint density at radius 1 is 1.22 bits per heavy atom. The average Bonchev–Trinajstić information content (AvgIpc) is 2.94. The first kappa shape index (κ1) is 15.5. The van der Waals surface area contributed by atoms with Crippen LogP contribution in [0.3, 0.4) is 0 Å². The van der Waals surface area contributed by atoms with E-state index >= 15 is 0 Å². The summed E-state index contributed by atoms with van der Waals surface area (Å²) in [6.45, 7) is 0. The molecular formula is C14H9FN2O4S2. The lowest BCUT2D eigenvalue weighted by Crippen LogP contribution is -1.91. The Hall–Kier alpha value is -2.39. The zero-order valence-corrected chi connectivity index (χ0v) is 13.3. The number of ether oxygens (including phenoxy) is 1. The second kappa shape index (κ2) is 5.67. The maximum Gasteiger partial charge on any atom is 0.184 e. The SMILES string of the molecule is CS(=O)(=O)c1cc2nccc(Oc3ccc(N=O)cc3F)c2s1. The highest BCUT2D eigenvalue weighted by molar-refractivity contribution is 7.93. The molecule has 0 bridgehead atoms. The van der Waals surface area contributed by atoms with Crippen molar-refractivity contribution in [3.63, 3.8) is 0 Å². The summed E-state index contributed by atoms with van der Waals surface area (Å²) in [6.07, 6.45) is 2.54. The fourth-order valence-corrected chi connectivity index (χ4v) is 3.88. The molecule has 6 nitrogen and oxygen atoms in total. The number of halogens is 1. The smallest absolute Gasteiger partial charge is 0.184 e. The van der Waals surface area contributed by atoms with Gasteiger partial charge in [0.2, 0.25) is 0 Å². The van der Waals surface area contributed by atoms with Crippen molar-refractivity contribution in [2.45, 2.75) is 4.21 Å². The number of aromatic nitrogens is 1. The van der Waals surface area contributed by atoms with E-state index in [0.717, 1.165) is 23.7 Å². The van der Waals surface area contributed by atoms with Crippen molar-refractivity contribution >= 4 is 37.1 Å². The quantitative estimate of drug-likeness (QED) is 0.662. The third-order valence-electron chi connectivity index (χ3n) is 2.96. The Kier molecular flexibility index (Phi) is 3.82. The molecule has 3 rings (SSSR count). The largest absolute Gasteiger partial charge is 0.453 e. The molecule has 0 aliphatic carbocycles. The van der Waals surface area contributed by atoms with Crippen molar-refractivity contribution in [1.82, 2.24) is 4.98 Å².